The summed E-state index contributed by atoms with van der Waals surface area (Å²) in [5.41, 5.74) is -0.160. The van der Waals surface area contributed by atoms with Crippen molar-refractivity contribution in [2.75, 3.05) is 18.1 Å². The minimum absolute atomic E-state index is 0.0276. The molecule has 2 heterocycles. The van der Waals surface area contributed by atoms with Gasteiger partial charge in [0.15, 0.2) is 9.84 Å². The fourth-order valence-corrected chi connectivity index (χ4v) is 3.58. The molecule has 1 atom stereocenters. The van der Waals surface area contributed by atoms with Crippen LogP contribution in [0.3, 0.4) is 0 Å². The lowest BCUT2D eigenvalue weighted by Crippen LogP contribution is -2.50. The maximum absolute atomic E-state index is 12.1. The molecule has 1 aromatic rings. The van der Waals surface area contributed by atoms with E-state index in [4.69, 9.17) is 0 Å². The molecule has 1 unspecified atom stereocenters. The van der Waals surface area contributed by atoms with E-state index in [9.17, 15) is 18.0 Å². The molecule has 0 aromatic carbocycles. The molecule has 0 saturated carbocycles. The molecule has 98 valence electrons. The minimum Gasteiger partial charge on any atom is -0.333 e. The Kier molecular flexibility index (Phi) is 3.25. The summed E-state index contributed by atoms with van der Waals surface area (Å²) in [5.74, 6) is -0.397. The summed E-state index contributed by atoms with van der Waals surface area (Å²) < 4.78 is 22.8. The Labute approximate surface area is 105 Å². The minimum atomic E-state index is -3.05. The van der Waals surface area contributed by atoms with Gasteiger partial charge in [0, 0.05) is 18.7 Å². The Hall–Kier alpha value is -1.63. The van der Waals surface area contributed by atoms with Crippen molar-refractivity contribution in [2.24, 2.45) is 0 Å². The summed E-state index contributed by atoms with van der Waals surface area (Å²) >= 11 is 0. The number of carbonyl (C=O) groups is 1. The molecular weight excluding hydrogens is 256 g/mol. The number of rotatable bonds is 1. The first kappa shape index (κ1) is 12.8. The smallest absolute Gasteiger partial charge is 0.270 e. The molecule has 1 aliphatic heterocycles. The van der Waals surface area contributed by atoms with Crippen LogP contribution in [0.2, 0.25) is 0 Å². The van der Waals surface area contributed by atoms with Crippen molar-refractivity contribution in [1.29, 1.82) is 0 Å². The van der Waals surface area contributed by atoms with Gasteiger partial charge in [-0.25, -0.2) is 8.42 Å². The van der Waals surface area contributed by atoms with Crippen LogP contribution in [0.25, 0.3) is 0 Å². The number of aromatic nitrogens is 1. The summed E-state index contributed by atoms with van der Waals surface area (Å²) in [6, 6.07) is 3.96. The first-order valence-corrected chi connectivity index (χ1v) is 7.42. The molecule has 7 heteroatoms. The van der Waals surface area contributed by atoms with Crippen LogP contribution in [0.4, 0.5) is 0 Å². The molecule has 1 aliphatic rings. The zero-order valence-corrected chi connectivity index (χ0v) is 10.7. The molecular formula is C11H14N2O4S. The third-order valence-corrected chi connectivity index (χ3v) is 4.72. The number of hydrogen-bond donors (Lipinski definition) is 1. The lowest BCUT2D eigenvalue weighted by molar-refractivity contribution is 0.0706. The molecule has 0 radical (unpaired) electrons. The van der Waals surface area contributed by atoms with Gasteiger partial charge in [-0.05, 0) is 13.0 Å². The van der Waals surface area contributed by atoms with Gasteiger partial charge in [0.1, 0.15) is 5.69 Å². The topological polar surface area (TPSA) is 87.3 Å². The molecule has 1 saturated heterocycles. The SMILES string of the molecule is CC1CS(=O)(=O)CCN1C(=O)c1cccc(=O)[nH]1. The molecule has 18 heavy (non-hydrogen) atoms. The zero-order valence-electron chi connectivity index (χ0n) is 9.92. The van der Waals surface area contributed by atoms with Crippen LogP contribution in [0.1, 0.15) is 17.4 Å². The van der Waals surface area contributed by atoms with Gasteiger partial charge in [-0.15, -0.1) is 0 Å². The Balaban J connectivity index is 2.23. The molecule has 1 fully saturated rings. The van der Waals surface area contributed by atoms with Crippen LogP contribution in [-0.2, 0) is 9.84 Å². The largest absolute Gasteiger partial charge is 0.333 e. The van der Waals surface area contributed by atoms with Gasteiger partial charge < -0.3 is 9.88 Å². The van der Waals surface area contributed by atoms with Crippen molar-refractivity contribution in [1.82, 2.24) is 9.88 Å². The highest BCUT2D eigenvalue weighted by Gasteiger charge is 2.31. The molecule has 1 aromatic heterocycles. The van der Waals surface area contributed by atoms with E-state index in [0.29, 0.717) is 0 Å². The summed E-state index contributed by atoms with van der Waals surface area (Å²) in [5, 5.41) is 0. The zero-order chi connectivity index (χ0) is 13.3. The quantitative estimate of drug-likeness (QED) is 0.754. The van der Waals surface area contributed by atoms with E-state index in [1.165, 1.54) is 23.1 Å². The maximum Gasteiger partial charge on any atom is 0.270 e. The number of amides is 1. The molecule has 1 N–H and O–H groups in total. The van der Waals surface area contributed by atoms with Crippen molar-refractivity contribution in [3.63, 3.8) is 0 Å². The number of sulfone groups is 1. The number of nitrogens with zero attached hydrogens (tertiary/aromatic N) is 1. The van der Waals surface area contributed by atoms with Gasteiger partial charge in [0.05, 0.1) is 11.5 Å². The number of H-pyrrole nitrogens is 1. The molecule has 6 nitrogen and oxygen atoms in total. The number of aromatic amines is 1. The number of pyridine rings is 1. The Morgan fingerprint density at radius 1 is 1.44 bits per heavy atom. The van der Waals surface area contributed by atoms with Crippen molar-refractivity contribution in [3.8, 4) is 0 Å². The van der Waals surface area contributed by atoms with E-state index in [0.717, 1.165) is 0 Å². The fraction of sp³-hybridized carbons (Fsp3) is 0.455. The number of nitrogens with one attached hydrogen (secondary N) is 1. The first-order valence-electron chi connectivity index (χ1n) is 5.60. The second-order valence-electron chi connectivity index (χ2n) is 4.39. The van der Waals surface area contributed by atoms with E-state index in [-0.39, 0.29) is 41.3 Å². The van der Waals surface area contributed by atoms with E-state index in [2.05, 4.69) is 4.98 Å². The third kappa shape index (κ3) is 2.61. The number of hydrogen-bond acceptors (Lipinski definition) is 4. The van der Waals surface area contributed by atoms with Gasteiger partial charge in [-0.2, -0.15) is 0 Å². The van der Waals surface area contributed by atoms with E-state index >= 15 is 0 Å². The highest BCUT2D eigenvalue weighted by atomic mass is 32.2. The number of carbonyl (C=O) groups excluding carboxylic acids is 1. The monoisotopic (exact) mass is 270 g/mol. The van der Waals surface area contributed by atoms with Crippen molar-refractivity contribution < 1.29 is 13.2 Å². The van der Waals surface area contributed by atoms with Gasteiger partial charge >= 0.3 is 0 Å². The summed E-state index contributed by atoms with van der Waals surface area (Å²) in [6.45, 7) is 1.86. The first-order chi connectivity index (χ1) is 8.39. The van der Waals surface area contributed by atoms with Crippen LogP contribution < -0.4 is 5.56 Å². The highest BCUT2D eigenvalue weighted by molar-refractivity contribution is 7.91. The third-order valence-electron chi connectivity index (χ3n) is 2.93. The van der Waals surface area contributed by atoms with E-state index in [1.807, 2.05) is 0 Å². The average molecular weight is 270 g/mol. The summed E-state index contributed by atoms with van der Waals surface area (Å²) in [7, 11) is -3.05. The molecule has 0 aliphatic carbocycles. The van der Waals surface area contributed by atoms with Gasteiger partial charge in [0.2, 0.25) is 5.56 Å². The van der Waals surface area contributed by atoms with Gasteiger partial charge in [-0.3, -0.25) is 9.59 Å². The van der Waals surface area contributed by atoms with Gasteiger partial charge in [-0.1, -0.05) is 6.07 Å². The van der Waals surface area contributed by atoms with Crippen LogP contribution in [0.5, 0.6) is 0 Å². The van der Waals surface area contributed by atoms with Crippen molar-refractivity contribution in [2.45, 2.75) is 13.0 Å². The average Bonchev–Trinajstić information content (AvgIpc) is 2.27. The standard InChI is InChI=1S/C11H14N2O4S/c1-8-7-18(16,17)6-5-13(8)11(15)9-3-2-4-10(14)12-9/h2-4,8H,5-7H2,1H3,(H,12,14). The van der Waals surface area contributed by atoms with E-state index in [1.54, 1.807) is 6.92 Å². The molecule has 2 rings (SSSR count). The molecule has 1 amide bonds. The van der Waals surface area contributed by atoms with Crippen molar-refractivity contribution >= 4 is 15.7 Å². The fourth-order valence-electron chi connectivity index (χ4n) is 2.03. The second kappa shape index (κ2) is 4.56. The van der Waals surface area contributed by atoms with Crippen LogP contribution in [-0.4, -0.2) is 48.3 Å². The predicted octanol–water partition coefficient (Wildman–Crippen LogP) is -0.366. The highest BCUT2D eigenvalue weighted by Crippen LogP contribution is 2.13. The predicted molar refractivity (Wildman–Crippen MR) is 66.2 cm³/mol. The Morgan fingerprint density at radius 2 is 2.17 bits per heavy atom. The maximum atomic E-state index is 12.1. The van der Waals surface area contributed by atoms with Crippen LogP contribution in [0, 0.1) is 0 Å². The van der Waals surface area contributed by atoms with E-state index < -0.39 is 9.84 Å². The Bertz CT molecular complexity index is 620. The van der Waals surface area contributed by atoms with Crippen LogP contribution in [0.15, 0.2) is 23.0 Å². The van der Waals surface area contributed by atoms with Crippen LogP contribution >= 0.6 is 0 Å². The Morgan fingerprint density at radius 3 is 2.78 bits per heavy atom. The lowest BCUT2D eigenvalue weighted by Gasteiger charge is -2.32. The second-order valence-corrected chi connectivity index (χ2v) is 6.62. The molecule has 0 spiro atoms. The molecule has 0 bridgehead atoms. The summed E-state index contributed by atoms with van der Waals surface area (Å²) in [6.07, 6.45) is 0. The van der Waals surface area contributed by atoms with Crippen molar-refractivity contribution in [3.05, 3.63) is 34.2 Å². The lowest BCUT2D eigenvalue weighted by atomic mass is 10.2. The summed E-state index contributed by atoms with van der Waals surface area (Å²) in [4.78, 5) is 27.2. The normalized spacial score (nSPS) is 22.7. The van der Waals surface area contributed by atoms with Gasteiger partial charge in [0.25, 0.3) is 5.91 Å².